The summed E-state index contributed by atoms with van der Waals surface area (Å²) in [5.74, 6) is -1.98. The van der Waals surface area contributed by atoms with E-state index in [1.807, 2.05) is 21.1 Å². The first-order chi connectivity index (χ1) is 36.6. The molecule has 0 aliphatic rings. The largest absolute Gasteiger partial charge is 0.477 e. The number of quaternary nitrogens is 1. The van der Waals surface area contributed by atoms with Gasteiger partial charge in [0, 0.05) is 12.8 Å². The van der Waals surface area contributed by atoms with Gasteiger partial charge in [-0.05, 0) is 64.2 Å². The number of esters is 2. The molecular formula is C66H126NO8+. The van der Waals surface area contributed by atoms with E-state index < -0.39 is 18.4 Å². The van der Waals surface area contributed by atoms with E-state index in [2.05, 4.69) is 38.2 Å². The first-order valence-electron chi connectivity index (χ1n) is 32.5. The number of carboxylic acids is 1. The minimum absolute atomic E-state index is 0.177. The number of aliphatic carboxylic acids is 1. The van der Waals surface area contributed by atoms with Crippen molar-refractivity contribution in [3.63, 3.8) is 0 Å². The molecule has 9 heteroatoms. The molecule has 0 fully saturated rings. The van der Waals surface area contributed by atoms with Gasteiger partial charge in [0.25, 0.3) is 6.29 Å². The van der Waals surface area contributed by atoms with Crippen LogP contribution in [0.5, 0.6) is 0 Å². The number of nitrogens with zero attached hydrogens (tertiary/aromatic N) is 1. The molecule has 0 saturated carbocycles. The fourth-order valence-electron chi connectivity index (χ4n) is 9.65. The van der Waals surface area contributed by atoms with Gasteiger partial charge in [0.1, 0.15) is 13.2 Å². The van der Waals surface area contributed by atoms with Crippen LogP contribution in [0.4, 0.5) is 0 Å². The summed E-state index contributed by atoms with van der Waals surface area (Å²) in [5, 5.41) is 9.73. The van der Waals surface area contributed by atoms with Gasteiger partial charge in [0.2, 0.25) is 0 Å². The molecule has 0 amide bonds. The zero-order chi connectivity index (χ0) is 54.8. The van der Waals surface area contributed by atoms with Crippen molar-refractivity contribution in [2.45, 2.75) is 334 Å². The third-order valence-electron chi connectivity index (χ3n) is 14.7. The van der Waals surface area contributed by atoms with Crippen LogP contribution in [-0.4, -0.2) is 87.4 Å². The second-order valence-electron chi connectivity index (χ2n) is 23.4. The average molecular weight is 1060 g/mol. The van der Waals surface area contributed by atoms with Crippen LogP contribution in [0, 0.1) is 0 Å². The molecule has 75 heavy (non-hydrogen) atoms. The summed E-state index contributed by atoms with van der Waals surface area (Å²) in [6.07, 6.45) is 67.0. The van der Waals surface area contributed by atoms with Crippen molar-refractivity contribution in [3.05, 3.63) is 24.3 Å². The Hall–Kier alpha value is -2.23. The molecule has 0 rings (SSSR count). The third kappa shape index (κ3) is 59.3. The van der Waals surface area contributed by atoms with Crippen LogP contribution in [0.25, 0.3) is 0 Å². The monoisotopic (exact) mass is 1060 g/mol. The Labute approximate surface area is 465 Å². The number of hydrogen-bond donors (Lipinski definition) is 1. The zero-order valence-electron chi connectivity index (χ0n) is 50.5. The highest BCUT2D eigenvalue weighted by Crippen LogP contribution is 2.18. The molecule has 0 aromatic heterocycles. The topological polar surface area (TPSA) is 108 Å². The Kier molecular flexibility index (Phi) is 56.2. The van der Waals surface area contributed by atoms with Crippen molar-refractivity contribution in [3.8, 4) is 0 Å². The smallest absolute Gasteiger partial charge is 0.361 e. The predicted molar refractivity (Wildman–Crippen MR) is 318 cm³/mol. The third-order valence-corrected chi connectivity index (χ3v) is 14.7. The van der Waals surface area contributed by atoms with Crippen molar-refractivity contribution in [2.24, 2.45) is 0 Å². The van der Waals surface area contributed by atoms with Crippen molar-refractivity contribution in [2.75, 3.05) is 47.5 Å². The summed E-state index contributed by atoms with van der Waals surface area (Å²) in [7, 11) is 5.98. The highest BCUT2D eigenvalue weighted by atomic mass is 16.7. The maximum absolute atomic E-state index is 12.9. The van der Waals surface area contributed by atoms with Crippen LogP contribution in [0.1, 0.15) is 322 Å². The summed E-state index contributed by atoms with van der Waals surface area (Å²) in [5.41, 5.74) is 0. The molecule has 0 aromatic rings. The molecule has 0 saturated heterocycles. The molecule has 0 heterocycles. The lowest BCUT2D eigenvalue weighted by atomic mass is 10.0. The molecule has 2 atom stereocenters. The quantitative estimate of drug-likeness (QED) is 0.0211. The Bertz CT molecular complexity index is 1280. The number of unbranched alkanes of at least 4 members (excludes halogenated alkanes) is 42. The Morgan fingerprint density at radius 1 is 0.387 bits per heavy atom. The number of allylic oxidation sites excluding steroid dienone is 4. The maximum Gasteiger partial charge on any atom is 0.361 e. The highest BCUT2D eigenvalue weighted by molar-refractivity contribution is 5.71. The molecule has 0 radical (unpaired) electrons. The van der Waals surface area contributed by atoms with E-state index in [-0.39, 0.29) is 38.2 Å². The molecule has 0 bridgehead atoms. The normalized spacial score (nSPS) is 12.8. The lowest BCUT2D eigenvalue weighted by molar-refractivity contribution is -0.870. The van der Waals surface area contributed by atoms with Crippen LogP contribution in [0.15, 0.2) is 24.3 Å². The molecule has 1 N–H and O–H groups in total. The first kappa shape index (κ1) is 72.8. The van der Waals surface area contributed by atoms with Gasteiger partial charge in [0.05, 0.1) is 34.4 Å². The van der Waals surface area contributed by atoms with Crippen LogP contribution in [0.2, 0.25) is 0 Å². The Balaban J connectivity index is 4.14. The molecule has 0 aromatic carbocycles. The van der Waals surface area contributed by atoms with Crippen LogP contribution in [-0.2, 0) is 33.3 Å². The highest BCUT2D eigenvalue weighted by Gasteiger charge is 2.25. The van der Waals surface area contributed by atoms with E-state index in [1.54, 1.807) is 0 Å². The summed E-state index contributed by atoms with van der Waals surface area (Å²) >= 11 is 0. The van der Waals surface area contributed by atoms with Gasteiger partial charge in [-0.25, -0.2) is 4.79 Å². The summed E-state index contributed by atoms with van der Waals surface area (Å²) in [6.45, 7) is 4.94. The van der Waals surface area contributed by atoms with Crippen molar-refractivity contribution in [1.29, 1.82) is 0 Å². The summed E-state index contributed by atoms with van der Waals surface area (Å²) in [6, 6.07) is 0. The number of carboxylic acid groups (broad SMARTS) is 1. The fraction of sp³-hybridized carbons (Fsp3) is 0.894. The minimum atomic E-state index is -1.51. The van der Waals surface area contributed by atoms with E-state index in [4.69, 9.17) is 18.9 Å². The number of carbonyl (C=O) groups excluding carboxylic acids is 2. The minimum Gasteiger partial charge on any atom is -0.477 e. The van der Waals surface area contributed by atoms with E-state index in [0.717, 1.165) is 38.5 Å². The lowest BCUT2D eigenvalue weighted by Crippen LogP contribution is -2.40. The van der Waals surface area contributed by atoms with E-state index >= 15 is 0 Å². The van der Waals surface area contributed by atoms with Crippen LogP contribution >= 0.6 is 0 Å². The van der Waals surface area contributed by atoms with Gasteiger partial charge < -0.3 is 28.5 Å². The van der Waals surface area contributed by atoms with Crippen LogP contribution in [0.3, 0.4) is 0 Å². The van der Waals surface area contributed by atoms with E-state index in [1.165, 1.54) is 257 Å². The number of likely N-dealkylation sites (N-methyl/N-ethyl adjacent to an activating group) is 1. The fourth-order valence-corrected chi connectivity index (χ4v) is 9.65. The van der Waals surface area contributed by atoms with Crippen molar-refractivity contribution in [1.82, 2.24) is 0 Å². The predicted octanol–water partition coefficient (Wildman–Crippen LogP) is 19.5. The van der Waals surface area contributed by atoms with Gasteiger partial charge in [-0.3, -0.25) is 9.59 Å². The molecule has 0 aliphatic carbocycles. The summed E-state index contributed by atoms with van der Waals surface area (Å²) in [4.78, 5) is 37.5. The van der Waals surface area contributed by atoms with Crippen LogP contribution < -0.4 is 0 Å². The standard InChI is InChI=1S/C66H125NO8/c1-6-8-10-12-14-16-18-20-22-24-26-28-30-32-34-36-38-40-42-44-46-48-50-52-54-56-63(68)73-60-62(61-74-66(65(70)71)72-59-58-67(3,4)5)75-64(69)57-55-53-51-49-47-45-43-41-39-37-35-33-31-29-27-25-23-21-19-17-15-13-11-9-7-2/h24-27,62,66H,6-23,28-61H2,1-5H3/p+1/b26-24-,27-25-. The maximum atomic E-state index is 12.9. The molecule has 0 aliphatic heterocycles. The van der Waals surface area contributed by atoms with Crippen molar-refractivity contribution >= 4 is 17.9 Å². The lowest BCUT2D eigenvalue weighted by Gasteiger charge is -2.25. The van der Waals surface area contributed by atoms with Gasteiger partial charge in [0.15, 0.2) is 6.10 Å². The molecule has 0 spiro atoms. The van der Waals surface area contributed by atoms with Gasteiger partial charge in [-0.2, -0.15) is 0 Å². The molecular weight excluding hydrogens is 935 g/mol. The van der Waals surface area contributed by atoms with Gasteiger partial charge in [-0.1, -0.05) is 269 Å². The number of ether oxygens (including phenoxy) is 4. The van der Waals surface area contributed by atoms with Gasteiger partial charge in [-0.15, -0.1) is 0 Å². The zero-order valence-corrected chi connectivity index (χ0v) is 50.5. The molecule has 2 unspecified atom stereocenters. The molecule has 9 nitrogen and oxygen atoms in total. The van der Waals surface area contributed by atoms with E-state index in [9.17, 15) is 19.5 Å². The SMILES string of the molecule is CCCCCCCCCC/C=C\CCCCCCCCCCCCCCCC(=O)OCC(COC(OCC[N+](C)(C)C)C(=O)O)OC(=O)CCCCCCCCCCCCCCC/C=C\CCCCCCCCCC. The number of carbonyl (C=O) groups is 3. The Morgan fingerprint density at radius 2 is 0.680 bits per heavy atom. The second-order valence-corrected chi connectivity index (χ2v) is 23.4. The van der Waals surface area contributed by atoms with Gasteiger partial charge >= 0.3 is 17.9 Å². The Morgan fingerprint density at radius 3 is 0.987 bits per heavy atom. The molecule has 442 valence electrons. The first-order valence-corrected chi connectivity index (χ1v) is 32.5. The number of rotatable bonds is 61. The second kappa shape index (κ2) is 57.9. The van der Waals surface area contributed by atoms with Crippen molar-refractivity contribution < 1.29 is 42.9 Å². The summed E-state index contributed by atoms with van der Waals surface area (Å²) < 4.78 is 23.0. The van der Waals surface area contributed by atoms with E-state index in [0.29, 0.717) is 17.4 Å². The number of hydrogen-bond acceptors (Lipinski definition) is 7. The average Bonchev–Trinajstić information content (AvgIpc) is 3.38.